The Morgan fingerprint density at radius 1 is 1.07 bits per heavy atom. The lowest BCUT2D eigenvalue weighted by atomic mass is 10.2. The minimum Gasteiger partial charge on any atom is -0.456 e. The molecule has 2 aromatic carbocycles. The minimum atomic E-state index is -0.641. The molecule has 0 aliphatic carbocycles. The fourth-order valence-electron chi connectivity index (χ4n) is 2.46. The predicted octanol–water partition coefficient (Wildman–Crippen LogP) is 3.32. The average Bonchev–Trinajstić information content (AvgIpc) is 2.98. The Labute approximate surface area is 156 Å². The van der Waals surface area contributed by atoms with Gasteiger partial charge < -0.3 is 14.8 Å². The number of carbonyl (C=O) groups excluding carboxylic acids is 2. The second kappa shape index (κ2) is 8.18. The van der Waals surface area contributed by atoms with Gasteiger partial charge in [-0.2, -0.15) is 5.10 Å². The third kappa shape index (κ3) is 4.72. The molecule has 0 saturated heterocycles. The molecule has 0 aliphatic rings. The van der Waals surface area contributed by atoms with Gasteiger partial charge in [-0.25, -0.2) is 4.79 Å². The third-order valence-corrected chi connectivity index (χ3v) is 3.68. The Morgan fingerprint density at radius 3 is 2.48 bits per heavy atom. The van der Waals surface area contributed by atoms with Crippen LogP contribution in [-0.4, -0.2) is 28.3 Å². The van der Waals surface area contributed by atoms with Crippen molar-refractivity contribution < 1.29 is 19.1 Å². The monoisotopic (exact) mass is 365 g/mol. The van der Waals surface area contributed by atoms with E-state index in [0.29, 0.717) is 17.3 Å². The van der Waals surface area contributed by atoms with Gasteiger partial charge in [0.1, 0.15) is 22.9 Å². The zero-order chi connectivity index (χ0) is 19.2. The van der Waals surface area contributed by atoms with Gasteiger partial charge in [-0.1, -0.05) is 30.3 Å². The van der Waals surface area contributed by atoms with Crippen LogP contribution in [0.3, 0.4) is 0 Å². The van der Waals surface area contributed by atoms with Gasteiger partial charge in [-0.3, -0.25) is 9.48 Å². The summed E-state index contributed by atoms with van der Waals surface area (Å²) in [5.74, 6) is 0.394. The molecule has 1 heterocycles. The van der Waals surface area contributed by atoms with E-state index in [1.807, 2.05) is 25.1 Å². The topological polar surface area (TPSA) is 82.5 Å². The largest absolute Gasteiger partial charge is 0.456 e. The fraction of sp³-hybridized carbons (Fsp3) is 0.150. The number of hydrogen-bond acceptors (Lipinski definition) is 5. The van der Waals surface area contributed by atoms with Crippen molar-refractivity contribution >= 4 is 17.7 Å². The molecule has 3 rings (SSSR count). The number of aromatic nitrogens is 2. The van der Waals surface area contributed by atoms with Gasteiger partial charge in [0.2, 0.25) is 0 Å². The summed E-state index contributed by atoms with van der Waals surface area (Å²) in [5.41, 5.74) is 1.02. The average molecular weight is 365 g/mol. The van der Waals surface area contributed by atoms with Gasteiger partial charge in [0.05, 0.1) is 5.69 Å². The highest BCUT2D eigenvalue weighted by atomic mass is 16.5. The molecule has 138 valence electrons. The molecule has 0 spiro atoms. The number of amides is 1. The maximum atomic E-state index is 12.4. The fourth-order valence-corrected chi connectivity index (χ4v) is 2.46. The molecule has 0 bridgehead atoms. The summed E-state index contributed by atoms with van der Waals surface area (Å²) >= 11 is 0. The standard InChI is InChI=1S/C20H19N3O4/c1-14-12-18(23(2)22-14)21-19(24)13-26-20(25)16-10-6-7-11-17(16)27-15-8-4-3-5-9-15/h3-12H,13H2,1-2H3,(H,21,24). The van der Waals surface area contributed by atoms with Gasteiger partial charge in [0, 0.05) is 13.1 Å². The van der Waals surface area contributed by atoms with E-state index in [1.165, 1.54) is 4.68 Å². The van der Waals surface area contributed by atoms with Gasteiger partial charge in [0.15, 0.2) is 6.61 Å². The van der Waals surface area contributed by atoms with Crippen molar-refractivity contribution in [1.29, 1.82) is 0 Å². The van der Waals surface area contributed by atoms with Crippen LogP contribution in [0.25, 0.3) is 0 Å². The number of esters is 1. The predicted molar refractivity (Wildman–Crippen MR) is 99.8 cm³/mol. The summed E-state index contributed by atoms with van der Waals surface area (Å²) in [6.45, 7) is 1.40. The lowest BCUT2D eigenvalue weighted by Gasteiger charge is -2.11. The second-order valence-electron chi connectivity index (χ2n) is 5.83. The Balaban J connectivity index is 1.62. The van der Waals surface area contributed by atoms with E-state index in [-0.39, 0.29) is 5.56 Å². The number of para-hydroxylation sites is 2. The lowest BCUT2D eigenvalue weighted by molar-refractivity contribution is -0.119. The molecule has 7 nitrogen and oxygen atoms in total. The summed E-state index contributed by atoms with van der Waals surface area (Å²) in [5, 5.41) is 6.78. The van der Waals surface area contributed by atoms with E-state index >= 15 is 0 Å². The molecule has 0 aliphatic heterocycles. The van der Waals surface area contributed by atoms with Crippen LogP contribution in [0.5, 0.6) is 11.5 Å². The summed E-state index contributed by atoms with van der Waals surface area (Å²) in [7, 11) is 1.71. The maximum Gasteiger partial charge on any atom is 0.342 e. The maximum absolute atomic E-state index is 12.4. The smallest absolute Gasteiger partial charge is 0.342 e. The van der Waals surface area contributed by atoms with Gasteiger partial charge >= 0.3 is 5.97 Å². The molecule has 0 unspecified atom stereocenters. The van der Waals surface area contributed by atoms with E-state index in [1.54, 1.807) is 49.5 Å². The molecule has 1 aromatic heterocycles. The van der Waals surface area contributed by atoms with Crippen molar-refractivity contribution in [2.75, 3.05) is 11.9 Å². The van der Waals surface area contributed by atoms with Crippen LogP contribution in [0, 0.1) is 6.92 Å². The number of rotatable bonds is 6. The highest BCUT2D eigenvalue weighted by Gasteiger charge is 2.16. The van der Waals surface area contributed by atoms with Crippen molar-refractivity contribution in [3.8, 4) is 11.5 Å². The molecule has 0 saturated carbocycles. The number of nitrogens with one attached hydrogen (secondary N) is 1. The first-order valence-electron chi connectivity index (χ1n) is 8.32. The van der Waals surface area contributed by atoms with Crippen LogP contribution in [0.1, 0.15) is 16.1 Å². The quantitative estimate of drug-likeness (QED) is 0.678. The summed E-state index contributed by atoms with van der Waals surface area (Å²) in [6.07, 6.45) is 0. The summed E-state index contributed by atoms with van der Waals surface area (Å²) < 4.78 is 12.4. The van der Waals surface area contributed by atoms with E-state index in [9.17, 15) is 9.59 Å². The Bertz CT molecular complexity index is 951. The third-order valence-electron chi connectivity index (χ3n) is 3.68. The summed E-state index contributed by atoms with van der Waals surface area (Å²) in [6, 6.07) is 17.5. The highest BCUT2D eigenvalue weighted by Crippen LogP contribution is 2.25. The number of benzene rings is 2. The van der Waals surface area contributed by atoms with Crippen LogP contribution in [-0.2, 0) is 16.6 Å². The lowest BCUT2D eigenvalue weighted by Crippen LogP contribution is -2.22. The van der Waals surface area contributed by atoms with Crippen molar-refractivity contribution in [2.24, 2.45) is 7.05 Å². The number of hydrogen-bond donors (Lipinski definition) is 1. The molecule has 1 N–H and O–H groups in total. The van der Waals surface area contributed by atoms with Crippen LogP contribution in [0.2, 0.25) is 0 Å². The molecule has 0 radical (unpaired) electrons. The zero-order valence-electron chi connectivity index (χ0n) is 15.0. The molecule has 27 heavy (non-hydrogen) atoms. The van der Waals surface area contributed by atoms with Crippen LogP contribution in [0.15, 0.2) is 60.7 Å². The van der Waals surface area contributed by atoms with Crippen LogP contribution >= 0.6 is 0 Å². The van der Waals surface area contributed by atoms with Crippen LogP contribution < -0.4 is 10.1 Å². The molecular weight excluding hydrogens is 346 g/mol. The van der Waals surface area contributed by atoms with Crippen molar-refractivity contribution in [1.82, 2.24) is 9.78 Å². The Morgan fingerprint density at radius 2 is 1.78 bits per heavy atom. The van der Waals surface area contributed by atoms with Crippen molar-refractivity contribution in [3.63, 3.8) is 0 Å². The summed E-state index contributed by atoms with van der Waals surface area (Å²) in [4.78, 5) is 24.4. The number of nitrogens with zero attached hydrogens (tertiary/aromatic N) is 2. The van der Waals surface area contributed by atoms with E-state index in [0.717, 1.165) is 5.69 Å². The van der Waals surface area contributed by atoms with Gasteiger partial charge in [-0.15, -0.1) is 0 Å². The number of anilines is 1. The molecule has 0 atom stereocenters. The molecule has 0 fully saturated rings. The van der Waals surface area contributed by atoms with Crippen molar-refractivity contribution in [3.05, 3.63) is 71.9 Å². The first-order valence-corrected chi connectivity index (χ1v) is 8.32. The normalized spacial score (nSPS) is 10.3. The Hall–Kier alpha value is -3.61. The number of ether oxygens (including phenoxy) is 2. The van der Waals surface area contributed by atoms with E-state index in [4.69, 9.17) is 9.47 Å². The Kier molecular flexibility index (Phi) is 5.51. The van der Waals surface area contributed by atoms with Gasteiger partial charge in [0.25, 0.3) is 5.91 Å². The zero-order valence-corrected chi connectivity index (χ0v) is 15.0. The first-order chi connectivity index (χ1) is 13.0. The molecule has 7 heteroatoms. The highest BCUT2D eigenvalue weighted by molar-refractivity contribution is 5.96. The molecule has 1 amide bonds. The second-order valence-corrected chi connectivity index (χ2v) is 5.83. The van der Waals surface area contributed by atoms with Crippen molar-refractivity contribution in [2.45, 2.75) is 6.92 Å². The minimum absolute atomic E-state index is 0.241. The van der Waals surface area contributed by atoms with Crippen LogP contribution in [0.4, 0.5) is 5.82 Å². The van der Waals surface area contributed by atoms with E-state index in [2.05, 4.69) is 10.4 Å². The molecule has 3 aromatic rings. The number of carbonyl (C=O) groups is 2. The van der Waals surface area contributed by atoms with E-state index < -0.39 is 18.5 Å². The SMILES string of the molecule is Cc1cc(NC(=O)COC(=O)c2ccccc2Oc2ccccc2)n(C)n1. The van der Waals surface area contributed by atoms with Gasteiger partial charge in [-0.05, 0) is 31.2 Å². The molecular formula is C20H19N3O4. The number of aryl methyl sites for hydroxylation is 2. The first kappa shape index (κ1) is 18.2.